The second-order valence-electron chi connectivity index (χ2n) is 16.5. The molecule has 1 aliphatic rings. The van der Waals surface area contributed by atoms with Crippen molar-refractivity contribution in [3.8, 4) is 23.3 Å². The molecule has 0 radical (unpaired) electrons. The Hall–Kier alpha value is -5.89. The summed E-state index contributed by atoms with van der Waals surface area (Å²) in [6, 6.07) is 39.7. The third-order valence-corrected chi connectivity index (χ3v) is 14.6. The van der Waals surface area contributed by atoms with Gasteiger partial charge in [0.1, 0.15) is 34.9 Å². The summed E-state index contributed by atoms with van der Waals surface area (Å²) in [5.41, 5.74) is 2.89. The van der Waals surface area contributed by atoms with Gasteiger partial charge < -0.3 is 32.7 Å². The summed E-state index contributed by atoms with van der Waals surface area (Å²) in [6.45, 7) is 9.84. The zero-order valence-corrected chi connectivity index (χ0v) is 40.9. The van der Waals surface area contributed by atoms with E-state index >= 15 is 0 Å². The lowest BCUT2D eigenvalue weighted by Crippen LogP contribution is -2.39. The molecule has 17 heteroatoms. The first-order valence-corrected chi connectivity index (χ1v) is 24.4. The number of ether oxygens (including phenoxy) is 5. The largest absolute Gasteiger partial charge is 0.497 e. The van der Waals surface area contributed by atoms with Gasteiger partial charge in [-0.25, -0.2) is 9.65 Å². The molecular weight excluding hydrogens is 906 g/mol. The van der Waals surface area contributed by atoms with Crippen LogP contribution in [-0.2, 0) is 34.7 Å². The number of aromatic nitrogens is 2. The van der Waals surface area contributed by atoms with Crippen LogP contribution in [0.2, 0.25) is 0 Å². The number of hydrogen-bond acceptors (Lipinski definition) is 14. The van der Waals surface area contributed by atoms with Gasteiger partial charge in [-0.2, -0.15) is 5.26 Å². The van der Waals surface area contributed by atoms with E-state index < -0.39 is 43.5 Å². The summed E-state index contributed by atoms with van der Waals surface area (Å²) in [6.07, 6.45) is -1.62. The smallest absolute Gasteiger partial charge is 0.308 e. The van der Waals surface area contributed by atoms with Crippen molar-refractivity contribution in [3.63, 3.8) is 0 Å². The highest BCUT2D eigenvalue weighted by Crippen LogP contribution is 2.52. The molecule has 1 aromatic heterocycles. The van der Waals surface area contributed by atoms with Crippen LogP contribution < -0.4 is 14.2 Å². The minimum absolute atomic E-state index is 0.00807. The standard InChI is InChI=1S/C51H56N5O10PS/c1-34(2)55(35(3)4)67(63-30-14-29-52)66-46-31-48(54-44-19-13-20-45(64-36(5)57)49(44)53-50(54)68-33-37-15-11-12-18-43(37)56(58)59)65-47(46)32-62-51(38-16-9-8-10-17-38,39-21-25-41(60-6)26-22-39)40-23-27-42(61-7)28-24-40/h8-13,15-28,34-35,46-48H,14,30-33H2,1-7H3/t46-,47+,48+,67?/m0/s1. The summed E-state index contributed by atoms with van der Waals surface area (Å²) < 4.78 is 49.2. The Kier molecular flexibility index (Phi) is 16.9. The van der Waals surface area contributed by atoms with Crippen LogP contribution in [0.3, 0.4) is 0 Å². The number of rotatable bonds is 22. The van der Waals surface area contributed by atoms with Gasteiger partial charge in [-0.05, 0) is 80.8 Å². The number of hydrogen-bond donors (Lipinski definition) is 0. The molecule has 15 nitrogen and oxygen atoms in total. The predicted octanol–water partition coefficient (Wildman–Crippen LogP) is 11.1. The molecule has 1 fully saturated rings. The number of para-hydroxylation sites is 2. The summed E-state index contributed by atoms with van der Waals surface area (Å²) in [7, 11) is 1.51. The minimum Gasteiger partial charge on any atom is -0.497 e. The molecule has 0 bridgehead atoms. The Morgan fingerprint density at radius 3 is 2.12 bits per heavy atom. The van der Waals surface area contributed by atoms with E-state index in [2.05, 4.69) is 38.4 Å². The fraction of sp³-hybridized carbons (Fsp3) is 0.353. The molecule has 0 spiro atoms. The van der Waals surface area contributed by atoms with Gasteiger partial charge in [0.05, 0.1) is 56.5 Å². The molecular formula is C51H56N5O10PS. The maximum Gasteiger partial charge on any atom is 0.308 e. The number of esters is 1. The van der Waals surface area contributed by atoms with Crippen molar-refractivity contribution in [2.24, 2.45) is 0 Å². The Labute approximate surface area is 402 Å². The normalized spacial score (nSPS) is 16.6. The number of nitro groups is 1. The molecule has 1 saturated heterocycles. The van der Waals surface area contributed by atoms with Gasteiger partial charge in [-0.15, -0.1) is 0 Å². The zero-order chi connectivity index (χ0) is 48.4. The molecule has 2 heterocycles. The second-order valence-corrected chi connectivity index (χ2v) is 18.9. The molecule has 0 amide bonds. The lowest BCUT2D eigenvalue weighted by molar-refractivity contribution is -0.385. The van der Waals surface area contributed by atoms with Crippen molar-refractivity contribution < 1.29 is 42.4 Å². The Balaban J connectivity index is 1.36. The fourth-order valence-corrected chi connectivity index (χ4v) is 11.2. The molecule has 1 unspecified atom stereocenters. The topological polar surface area (TPSA) is 170 Å². The number of methoxy groups -OCH3 is 2. The molecule has 1 aliphatic heterocycles. The van der Waals surface area contributed by atoms with E-state index in [9.17, 15) is 20.2 Å². The molecule has 0 N–H and O–H groups in total. The van der Waals surface area contributed by atoms with Crippen molar-refractivity contribution in [1.82, 2.24) is 14.2 Å². The first-order chi connectivity index (χ1) is 32.9. The summed E-state index contributed by atoms with van der Waals surface area (Å²) in [5, 5.41) is 22.1. The van der Waals surface area contributed by atoms with Crippen molar-refractivity contribution in [2.45, 2.75) is 94.5 Å². The molecule has 5 aromatic carbocycles. The van der Waals surface area contributed by atoms with Crippen molar-refractivity contribution >= 4 is 43.0 Å². The van der Waals surface area contributed by atoms with Crippen LogP contribution in [0.5, 0.6) is 17.2 Å². The van der Waals surface area contributed by atoms with Crippen molar-refractivity contribution in [3.05, 3.63) is 154 Å². The van der Waals surface area contributed by atoms with Crippen LogP contribution in [0, 0.1) is 21.4 Å². The minimum atomic E-state index is -1.75. The monoisotopic (exact) mass is 961 g/mol. The summed E-state index contributed by atoms with van der Waals surface area (Å²) >= 11 is 1.30. The Morgan fingerprint density at radius 2 is 1.53 bits per heavy atom. The third-order valence-electron chi connectivity index (χ3n) is 11.4. The number of nitrogens with zero attached hydrogens (tertiary/aromatic N) is 5. The predicted molar refractivity (Wildman–Crippen MR) is 261 cm³/mol. The summed E-state index contributed by atoms with van der Waals surface area (Å²) in [5.74, 6) is 1.33. The first-order valence-electron chi connectivity index (χ1n) is 22.3. The van der Waals surface area contributed by atoms with Gasteiger partial charge in [0, 0.05) is 42.8 Å². The van der Waals surface area contributed by atoms with Gasteiger partial charge in [0.2, 0.25) is 0 Å². The first kappa shape index (κ1) is 50.0. The second kappa shape index (κ2) is 22.9. The zero-order valence-electron chi connectivity index (χ0n) is 39.1. The third kappa shape index (κ3) is 11.2. The number of carbonyl (C=O) groups excluding carboxylic acids is 1. The van der Waals surface area contributed by atoms with E-state index in [1.165, 1.54) is 24.8 Å². The molecule has 0 aliphatic carbocycles. The molecule has 0 saturated carbocycles. The quantitative estimate of drug-likeness (QED) is 0.00920. The van der Waals surface area contributed by atoms with Crippen molar-refractivity contribution in [1.29, 1.82) is 5.26 Å². The van der Waals surface area contributed by atoms with E-state index in [1.807, 2.05) is 89.5 Å². The molecule has 6 aromatic rings. The van der Waals surface area contributed by atoms with Crippen LogP contribution in [0.1, 0.15) is 75.9 Å². The van der Waals surface area contributed by atoms with E-state index in [-0.39, 0.29) is 48.9 Å². The average Bonchev–Trinajstić information content (AvgIpc) is 3.92. The van der Waals surface area contributed by atoms with Crippen LogP contribution in [-0.4, -0.2) is 76.8 Å². The number of nitriles is 1. The molecule has 4 atom stereocenters. The maximum atomic E-state index is 12.3. The number of thioether (sulfide) groups is 1. The van der Waals surface area contributed by atoms with Gasteiger partial charge in [0.15, 0.2) is 10.9 Å². The molecule has 356 valence electrons. The van der Waals surface area contributed by atoms with Crippen LogP contribution in [0.4, 0.5) is 5.69 Å². The van der Waals surface area contributed by atoms with Crippen LogP contribution in [0.15, 0.2) is 126 Å². The van der Waals surface area contributed by atoms with Gasteiger partial charge in [0.25, 0.3) is 14.2 Å². The number of imidazole rings is 1. The fourth-order valence-electron chi connectivity index (χ4n) is 8.45. The molecule has 68 heavy (non-hydrogen) atoms. The summed E-state index contributed by atoms with van der Waals surface area (Å²) in [4.78, 5) is 29.0. The van der Waals surface area contributed by atoms with Gasteiger partial charge in [-0.1, -0.05) is 90.6 Å². The lowest BCUT2D eigenvalue weighted by atomic mass is 9.80. The van der Waals surface area contributed by atoms with E-state index in [0.29, 0.717) is 39.7 Å². The number of benzene rings is 5. The Bertz CT molecular complexity index is 2620. The van der Waals surface area contributed by atoms with Crippen LogP contribution >= 0.6 is 20.3 Å². The average molecular weight is 962 g/mol. The highest BCUT2D eigenvalue weighted by Gasteiger charge is 2.46. The van der Waals surface area contributed by atoms with Gasteiger partial charge >= 0.3 is 5.97 Å². The highest BCUT2D eigenvalue weighted by molar-refractivity contribution is 7.98. The highest BCUT2D eigenvalue weighted by atomic mass is 32.2. The number of nitro benzene ring substituents is 1. The Morgan fingerprint density at radius 1 is 0.912 bits per heavy atom. The lowest BCUT2D eigenvalue weighted by Gasteiger charge is -2.39. The maximum absolute atomic E-state index is 12.3. The number of carbonyl (C=O) groups is 1. The van der Waals surface area contributed by atoms with E-state index in [1.54, 1.807) is 44.6 Å². The molecule has 7 rings (SSSR count). The van der Waals surface area contributed by atoms with Crippen molar-refractivity contribution in [2.75, 3.05) is 27.4 Å². The van der Waals surface area contributed by atoms with Crippen LogP contribution in [0.25, 0.3) is 11.0 Å². The number of fused-ring (bicyclic) bond motifs is 1. The van der Waals surface area contributed by atoms with E-state index in [0.717, 1.165) is 16.7 Å². The van der Waals surface area contributed by atoms with Gasteiger partial charge in [-0.3, -0.25) is 19.5 Å². The SMILES string of the molecule is COc1ccc(C(OC[C@H]2O[C@@H](n3c(SCc4ccccc4[N+](=O)[O-])nc4c(OC(C)=O)cccc43)C[C@@H]2OP(OCCC#N)N(C(C)C)C(C)C)(c2ccccc2)c2ccc(OC)cc2)cc1. The van der Waals surface area contributed by atoms with E-state index in [4.69, 9.17) is 37.7 Å².